The molecule has 0 spiro atoms. The number of nitrogens with one attached hydrogen (secondary N) is 1. The predicted molar refractivity (Wildman–Crippen MR) is 107 cm³/mol. The average molecular weight is 398 g/mol. The number of hydrogen-bond donors (Lipinski definition) is 1. The van der Waals surface area contributed by atoms with Gasteiger partial charge in [0.1, 0.15) is 17.2 Å². The quantitative estimate of drug-likeness (QED) is 0.542. The van der Waals surface area contributed by atoms with Gasteiger partial charge in [0, 0.05) is 10.4 Å². The molecule has 1 N–H and O–H groups in total. The zero-order valence-corrected chi connectivity index (χ0v) is 16.1. The number of benzene rings is 1. The first kappa shape index (κ1) is 18.5. The summed E-state index contributed by atoms with van der Waals surface area (Å²) in [6.07, 6.45) is 5.53. The van der Waals surface area contributed by atoms with Crippen LogP contribution in [0.15, 0.2) is 40.5 Å². The van der Waals surface area contributed by atoms with Crippen molar-refractivity contribution in [1.29, 1.82) is 0 Å². The lowest BCUT2D eigenvalue weighted by atomic mass is 9.89. The van der Waals surface area contributed by atoms with Crippen molar-refractivity contribution in [3.8, 4) is 0 Å². The van der Waals surface area contributed by atoms with Gasteiger partial charge in [-0.1, -0.05) is 25.1 Å². The maximum atomic E-state index is 13.5. The average Bonchev–Trinajstić information content (AvgIpc) is 3.04. The van der Waals surface area contributed by atoms with Crippen LogP contribution < -0.4 is 11.0 Å². The van der Waals surface area contributed by atoms with Crippen molar-refractivity contribution < 1.29 is 9.18 Å². The van der Waals surface area contributed by atoms with Crippen molar-refractivity contribution in [2.45, 2.75) is 32.7 Å². The van der Waals surface area contributed by atoms with Crippen molar-refractivity contribution in [3.63, 3.8) is 0 Å². The molecule has 1 unspecified atom stereocenters. The smallest absolute Gasteiger partial charge is 0.262 e. The lowest BCUT2D eigenvalue weighted by Crippen LogP contribution is -2.30. The molecule has 144 valence electrons. The molecule has 3 aromatic rings. The molecule has 0 saturated heterocycles. The number of aryl methyl sites for hydroxylation is 1. The summed E-state index contributed by atoms with van der Waals surface area (Å²) in [7, 11) is 0. The fourth-order valence-electron chi connectivity index (χ4n) is 3.42. The van der Waals surface area contributed by atoms with Crippen molar-refractivity contribution >= 4 is 33.7 Å². The van der Waals surface area contributed by atoms with Crippen LogP contribution in [0.1, 0.15) is 29.3 Å². The third-order valence-corrected chi connectivity index (χ3v) is 6.06. The SMILES string of the molecule is CC1CCc2c(sc3ncn(CC(=O)N/N=C/c4ccccc4F)c(=O)c23)C1. The van der Waals surface area contributed by atoms with Crippen LogP contribution in [0.5, 0.6) is 0 Å². The third kappa shape index (κ3) is 3.60. The zero-order chi connectivity index (χ0) is 19.7. The molecule has 0 saturated carbocycles. The molecule has 0 radical (unpaired) electrons. The normalized spacial score (nSPS) is 16.4. The predicted octanol–water partition coefficient (Wildman–Crippen LogP) is 2.87. The molecule has 0 fully saturated rings. The molecule has 0 bridgehead atoms. The zero-order valence-electron chi connectivity index (χ0n) is 15.3. The van der Waals surface area contributed by atoms with E-state index < -0.39 is 11.7 Å². The number of aromatic nitrogens is 2. The molecule has 2 aromatic heterocycles. The van der Waals surface area contributed by atoms with Gasteiger partial charge in [-0.2, -0.15) is 5.10 Å². The van der Waals surface area contributed by atoms with Crippen LogP contribution in [0.3, 0.4) is 0 Å². The van der Waals surface area contributed by atoms with E-state index in [1.54, 1.807) is 29.5 Å². The van der Waals surface area contributed by atoms with Gasteiger partial charge in [0.15, 0.2) is 0 Å². The lowest BCUT2D eigenvalue weighted by molar-refractivity contribution is -0.121. The Bertz CT molecular complexity index is 1130. The summed E-state index contributed by atoms with van der Waals surface area (Å²) in [6, 6.07) is 6.11. The van der Waals surface area contributed by atoms with E-state index in [0.717, 1.165) is 29.7 Å². The first-order valence-corrected chi connectivity index (χ1v) is 9.90. The highest BCUT2D eigenvalue weighted by atomic mass is 32.1. The van der Waals surface area contributed by atoms with Crippen molar-refractivity contribution in [3.05, 3.63) is 62.8 Å². The van der Waals surface area contributed by atoms with Gasteiger partial charge in [0.2, 0.25) is 0 Å². The third-order valence-electron chi connectivity index (χ3n) is 4.89. The summed E-state index contributed by atoms with van der Waals surface area (Å²) in [4.78, 5) is 31.4. The van der Waals surface area contributed by atoms with Crippen molar-refractivity contribution in [1.82, 2.24) is 15.0 Å². The molecule has 2 heterocycles. The molecule has 6 nitrogen and oxygen atoms in total. The molecule has 4 rings (SSSR count). The van der Waals surface area contributed by atoms with Gasteiger partial charge >= 0.3 is 0 Å². The number of hydrazone groups is 1. The molecule has 1 aliphatic rings. The maximum absolute atomic E-state index is 13.5. The second kappa shape index (κ2) is 7.63. The fourth-order valence-corrected chi connectivity index (χ4v) is 4.76. The number of carbonyl (C=O) groups excluding carboxylic acids is 1. The molecule has 1 atom stereocenters. The van der Waals surface area contributed by atoms with Gasteiger partial charge in [0.25, 0.3) is 11.5 Å². The van der Waals surface area contributed by atoms with Gasteiger partial charge in [-0.15, -0.1) is 11.3 Å². The Labute approximate surface area is 164 Å². The van der Waals surface area contributed by atoms with Gasteiger partial charge in [0.05, 0.1) is 17.9 Å². The second-order valence-electron chi connectivity index (χ2n) is 7.02. The highest BCUT2D eigenvalue weighted by Crippen LogP contribution is 2.35. The van der Waals surface area contributed by atoms with Crippen LogP contribution in [-0.2, 0) is 24.2 Å². The molecule has 28 heavy (non-hydrogen) atoms. The minimum atomic E-state index is -0.478. The summed E-state index contributed by atoms with van der Waals surface area (Å²) in [5.74, 6) is -0.294. The first-order chi connectivity index (χ1) is 13.5. The number of rotatable bonds is 4. The largest absolute Gasteiger partial charge is 0.289 e. The Morgan fingerprint density at radius 2 is 2.29 bits per heavy atom. The molecule has 8 heteroatoms. The standard InChI is InChI=1S/C20H19FN4O2S/c1-12-6-7-14-16(8-12)28-19-18(14)20(27)25(11-22-19)10-17(26)24-23-9-13-4-2-3-5-15(13)21/h2-5,9,11-12H,6-8,10H2,1H3,(H,24,26)/b23-9+. The molecule has 1 amide bonds. The first-order valence-electron chi connectivity index (χ1n) is 9.09. The summed E-state index contributed by atoms with van der Waals surface area (Å²) in [5, 5.41) is 4.40. The van der Waals surface area contributed by atoms with Crippen LogP contribution in [0.2, 0.25) is 0 Å². The van der Waals surface area contributed by atoms with E-state index >= 15 is 0 Å². The highest BCUT2D eigenvalue weighted by molar-refractivity contribution is 7.18. The monoisotopic (exact) mass is 398 g/mol. The summed E-state index contributed by atoms with van der Waals surface area (Å²) in [5.41, 5.74) is 3.47. The molecule has 1 aromatic carbocycles. The Morgan fingerprint density at radius 1 is 1.46 bits per heavy atom. The lowest BCUT2D eigenvalue weighted by Gasteiger charge is -2.17. The number of nitrogens with zero attached hydrogens (tertiary/aromatic N) is 3. The van der Waals surface area contributed by atoms with E-state index in [-0.39, 0.29) is 17.7 Å². The molecule has 0 aliphatic heterocycles. The highest BCUT2D eigenvalue weighted by Gasteiger charge is 2.23. The Kier molecular flexibility index (Phi) is 5.04. The van der Waals surface area contributed by atoms with Gasteiger partial charge < -0.3 is 0 Å². The summed E-state index contributed by atoms with van der Waals surface area (Å²) in [6.45, 7) is 2.02. The van der Waals surface area contributed by atoms with Crippen LogP contribution in [-0.4, -0.2) is 21.7 Å². The minimum Gasteiger partial charge on any atom is -0.289 e. The summed E-state index contributed by atoms with van der Waals surface area (Å²) < 4.78 is 14.8. The molecular weight excluding hydrogens is 379 g/mol. The van der Waals surface area contributed by atoms with Gasteiger partial charge in [-0.3, -0.25) is 14.2 Å². The van der Waals surface area contributed by atoms with Gasteiger partial charge in [-0.25, -0.2) is 14.8 Å². The Hall–Kier alpha value is -2.87. The minimum absolute atomic E-state index is 0.197. The number of thiophene rings is 1. The number of halogens is 1. The summed E-state index contributed by atoms with van der Waals surface area (Å²) >= 11 is 1.57. The molecular formula is C20H19FN4O2S. The fraction of sp³-hybridized carbons (Fsp3) is 0.300. The second-order valence-corrected chi connectivity index (χ2v) is 8.11. The van der Waals surface area contributed by atoms with Crippen molar-refractivity contribution in [2.24, 2.45) is 11.0 Å². The van der Waals surface area contributed by atoms with Crippen molar-refractivity contribution in [2.75, 3.05) is 0 Å². The van der Waals surface area contributed by atoms with Crippen LogP contribution in [0, 0.1) is 11.7 Å². The van der Waals surface area contributed by atoms with E-state index in [0.29, 0.717) is 11.3 Å². The van der Waals surface area contributed by atoms with E-state index in [1.807, 2.05) is 0 Å². The van der Waals surface area contributed by atoms with Crippen LogP contribution in [0.25, 0.3) is 10.2 Å². The Morgan fingerprint density at radius 3 is 3.11 bits per heavy atom. The molecule has 1 aliphatic carbocycles. The number of hydrogen-bond acceptors (Lipinski definition) is 5. The number of fused-ring (bicyclic) bond motifs is 3. The van der Waals surface area contributed by atoms with E-state index in [9.17, 15) is 14.0 Å². The Balaban J connectivity index is 1.52. The van der Waals surface area contributed by atoms with E-state index in [4.69, 9.17) is 0 Å². The van der Waals surface area contributed by atoms with E-state index in [1.165, 1.54) is 28.1 Å². The van der Waals surface area contributed by atoms with Crippen LogP contribution >= 0.6 is 11.3 Å². The van der Waals surface area contributed by atoms with E-state index in [2.05, 4.69) is 22.4 Å². The topological polar surface area (TPSA) is 76.3 Å². The van der Waals surface area contributed by atoms with Gasteiger partial charge in [-0.05, 0) is 36.8 Å². The van der Waals surface area contributed by atoms with Crippen LogP contribution in [0.4, 0.5) is 4.39 Å². The maximum Gasteiger partial charge on any atom is 0.262 e. The number of amides is 1. The number of carbonyl (C=O) groups is 1.